The van der Waals surface area contributed by atoms with Gasteiger partial charge >= 0.3 is 17.1 Å². The van der Waals surface area contributed by atoms with Gasteiger partial charge in [-0.15, -0.1) is 0 Å². The van der Waals surface area contributed by atoms with Crippen LogP contribution in [0.25, 0.3) is 0 Å². The molecule has 0 spiro atoms. The molecule has 7 heteroatoms. The van der Waals surface area contributed by atoms with Crippen LogP contribution in [0.15, 0.2) is 0 Å². The summed E-state index contributed by atoms with van der Waals surface area (Å²) in [6, 6.07) is 0. The maximum atomic E-state index is 8.25. The smallest absolute Gasteiger partial charge is 0.554 e. The Balaban J connectivity index is -0.00000000889. The van der Waals surface area contributed by atoms with Crippen molar-refractivity contribution in [3.63, 3.8) is 0 Å². The Bertz CT molecular complexity index is 32.0. The molecule has 0 aromatic rings. The fourth-order valence-electron chi connectivity index (χ4n) is 0. The number of carboxylic acid groups (broad SMARTS) is 2. The van der Waals surface area contributed by atoms with E-state index in [0.717, 1.165) is 0 Å². The molecule has 4 N–H and O–H groups in total. The maximum absolute atomic E-state index is 8.25. The molecule has 0 saturated heterocycles. The van der Waals surface area contributed by atoms with Crippen LogP contribution >= 0.6 is 0 Å². The topological polar surface area (TPSA) is 143 Å². The second-order valence-electron chi connectivity index (χ2n) is 0.192. The monoisotopic (exact) mass is 182 g/mol. The minimum Gasteiger partial charge on any atom is -0.554 e. The largest absolute Gasteiger partial charge is 2.00 e. The predicted molar refractivity (Wildman–Crippen MR) is 19.4 cm³/mol. The molecule has 58 valence electrons. The summed E-state index contributed by atoms with van der Waals surface area (Å²) in [6.07, 6.45) is 0. The molecule has 0 heterocycles. The van der Waals surface area contributed by atoms with Crippen LogP contribution in [0, 0.1) is 0 Å². The van der Waals surface area contributed by atoms with Gasteiger partial charge in [0, 0.05) is 12.9 Å². The summed E-state index contributed by atoms with van der Waals surface area (Å²) < 4.78 is 0. The van der Waals surface area contributed by atoms with E-state index >= 15 is 0 Å². The molecule has 0 aromatic carbocycles. The molecule has 9 heavy (non-hydrogen) atoms. The summed E-state index contributed by atoms with van der Waals surface area (Å²) in [5, 5.41) is 16.5. The van der Waals surface area contributed by atoms with Gasteiger partial charge in [0.1, 0.15) is 0 Å². The van der Waals surface area contributed by atoms with Gasteiger partial charge in [-0.05, 0) is 0 Å². The molecule has 0 atom stereocenters. The SMILES string of the molecule is O.O.O=C[O-].O=C[O-].[Fe+2]. The number of hydrogen-bond donors (Lipinski definition) is 0. The molecule has 0 aromatic heterocycles. The predicted octanol–water partition coefficient (Wildman–Crippen LogP) is -4.92. The average Bonchev–Trinajstić information content (AvgIpc) is 1.39. The third-order valence-corrected chi connectivity index (χ3v) is 0. The zero-order valence-corrected chi connectivity index (χ0v) is 5.25. The van der Waals surface area contributed by atoms with Gasteiger partial charge in [0.25, 0.3) is 0 Å². The maximum Gasteiger partial charge on any atom is 2.00 e. The van der Waals surface area contributed by atoms with Gasteiger partial charge in [0.2, 0.25) is 0 Å². The van der Waals surface area contributed by atoms with Crippen molar-refractivity contribution in [2.75, 3.05) is 0 Å². The standard InChI is InChI=1S/2CH2O2.Fe.2H2O/c2*2-1-3;;;/h2*1H,(H,2,3);;2*1H2/q;;+2;;/p-2. The zero-order valence-electron chi connectivity index (χ0n) is 4.14. The molecule has 0 bridgehead atoms. The summed E-state index contributed by atoms with van der Waals surface area (Å²) in [6.45, 7) is -1.00. The molecule has 0 radical (unpaired) electrons. The van der Waals surface area contributed by atoms with E-state index in [9.17, 15) is 0 Å². The van der Waals surface area contributed by atoms with Crippen LogP contribution in [0.3, 0.4) is 0 Å². The minimum atomic E-state index is -0.500. The van der Waals surface area contributed by atoms with E-state index in [-0.39, 0.29) is 28.0 Å². The normalized spacial score (nSPS) is 2.67. The van der Waals surface area contributed by atoms with Crippen molar-refractivity contribution in [1.29, 1.82) is 0 Å². The molecule has 0 unspecified atom stereocenters. The van der Waals surface area contributed by atoms with Crippen LogP contribution in [0.5, 0.6) is 0 Å². The van der Waals surface area contributed by atoms with Crippen molar-refractivity contribution in [2.45, 2.75) is 0 Å². The molecular weight excluding hydrogens is 176 g/mol. The Hall–Kier alpha value is -0.621. The summed E-state index contributed by atoms with van der Waals surface area (Å²) in [5.74, 6) is 0. The van der Waals surface area contributed by atoms with Gasteiger partial charge in [0.05, 0.1) is 0 Å². The third kappa shape index (κ3) is 555. The first-order valence-corrected chi connectivity index (χ1v) is 0.943. The Morgan fingerprint density at radius 1 is 0.889 bits per heavy atom. The van der Waals surface area contributed by atoms with Crippen molar-refractivity contribution in [3.8, 4) is 0 Å². The fourth-order valence-corrected chi connectivity index (χ4v) is 0. The molecule has 0 aliphatic heterocycles. The van der Waals surface area contributed by atoms with Crippen molar-refractivity contribution in [2.24, 2.45) is 0 Å². The van der Waals surface area contributed by atoms with E-state index in [2.05, 4.69) is 0 Å². The third-order valence-electron chi connectivity index (χ3n) is 0. The number of rotatable bonds is 0. The van der Waals surface area contributed by atoms with E-state index in [1.54, 1.807) is 0 Å². The van der Waals surface area contributed by atoms with Crippen LogP contribution in [0.1, 0.15) is 0 Å². The van der Waals surface area contributed by atoms with Crippen LogP contribution in [0.2, 0.25) is 0 Å². The Morgan fingerprint density at radius 3 is 0.889 bits per heavy atom. The molecule has 0 amide bonds. The number of carbonyl (C=O) groups is 2. The molecular formula is C2H6FeO6. The van der Waals surface area contributed by atoms with Crippen LogP contribution in [-0.2, 0) is 26.7 Å². The molecule has 0 saturated carbocycles. The number of hydrogen-bond acceptors (Lipinski definition) is 4. The summed E-state index contributed by atoms with van der Waals surface area (Å²) in [4.78, 5) is 16.5. The first kappa shape index (κ1) is 40.0. The summed E-state index contributed by atoms with van der Waals surface area (Å²) >= 11 is 0. The second kappa shape index (κ2) is 158. The Labute approximate surface area is 61.6 Å². The Morgan fingerprint density at radius 2 is 0.889 bits per heavy atom. The van der Waals surface area contributed by atoms with Gasteiger partial charge in [-0.25, -0.2) is 0 Å². The van der Waals surface area contributed by atoms with E-state index < -0.39 is 12.9 Å². The fraction of sp³-hybridized carbons (Fsp3) is 0. The number of carbonyl (C=O) groups excluding carboxylic acids is 2. The van der Waals surface area contributed by atoms with Gasteiger partial charge in [-0.1, -0.05) is 0 Å². The molecule has 0 fully saturated rings. The molecule has 6 nitrogen and oxygen atoms in total. The van der Waals surface area contributed by atoms with Crippen molar-refractivity contribution >= 4 is 12.9 Å². The first-order chi connectivity index (χ1) is 2.83. The molecule has 0 aliphatic carbocycles. The van der Waals surface area contributed by atoms with Gasteiger partial charge in [-0.2, -0.15) is 0 Å². The quantitative estimate of drug-likeness (QED) is 0.273. The van der Waals surface area contributed by atoms with Crippen molar-refractivity contribution in [3.05, 3.63) is 0 Å². The van der Waals surface area contributed by atoms with Gasteiger partial charge < -0.3 is 30.8 Å². The molecule has 0 aliphatic rings. The van der Waals surface area contributed by atoms with Crippen molar-refractivity contribution in [1.82, 2.24) is 0 Å². The zero-order chi connectivity index (χ0) is 5.41. The van der Waals surface area contributed by atoms with Crippen LogP contribution < -0.4 is 10.2 Å². The molecule has 0 rings (SSSR count). The minimum absolute atomic E-state index is 0. The first-order valence-electron chi connectivity index (χ1n) is 0.943. The van der Waals surface area contributed by atoms with Crippen LogP contribution in [0.4, 0.5) is 0 Å². The van der Waals surface area contributed by atoms with Gasteiger partial charge in [-0.3, -0.25) is 0 Å². The second-order valence-corrected chi connectivity index (χ2v) is 0.192. The average molecular weight is 182 g/mol. The van der Waals surface area contributed by atoms with Crippen molar-refractivity contribution < 1.29 is 47.8 Å². The van der Waals surface area contributed by atoms with Crippen LogP contribution in [-0.4, -0.2) is 23.9 Å². The summed E-state index contributed by atoms with van der Waals surface area (Å²) in [5.41, 5.74) is 0. The van der Waals surface area contributed by atoms with E-state index in [1.807, 2.05) is 0 Å². The van der Waals surface area contributed by atoms with Gasteiger partial charge in [0.15, 0.2) is 0 Å². The summed E-state index contributed by atoms with van der Waals surface area (Å²) in [7, 11) is 0. The van der Waals surface area contributed by atoms with E-state index in [4.69, 9.17) is 19.8 Å². The van der Waals surface area contributed by atoms with E-state index in [0.29, 0.717) is 0 Å². The Kier molecular flexibility index (Phi) is 701. The van der Waals surface area contributed by atoms with E-state index in [1.165, 1.54) is 0 Å².